The van der Waals surface area contributed by atoms with E-state index in [-0.39, 0.29) is 36.1 Å². The van der Waals surface area contributed by atoms with Crippen LogP contribution in [0.1, 0.15) is 60.8 Å². The number of nitrogens with one attached hydrogen (secondary N) is 3. The van der Waals surface area contributed by atoms with Crippen molar-refractivity contribution in [3.63, 3.8) is 0 Å². The molecule has 1 saturated carbocycles. The number of carbonyl (C=O) groups is 5. The largest absolute Gasteiger partial charge is 0.471 e. The highest BCUT2D eigenvalue weighted by Crippen LogP contribution is 2.65. The number of likely N-dealkylation sites (tertiary alicyclic amines) is 1. The van der Waals surface area contributed by atoms with E-state index in [1.807, 2.05) is 13.8 Å². The normalized spacial score (nSPS) is 28.0. The van der Waals surface area contributed by atoms with Crippen molar-refractivity contribution in [2.45, 2.75) is 96.8 Å². The van der Waals surface area contributed by atoms with Gasteiger partial charge in [0, 0.05) is 19.0 Å². The molecular weight excluding hydrogens is 535 g/mol. The van der Waals surface area contributed by atoms with Crippen molar-refractivity contribution in [1.29, 1.82) is 0 Å². The zero-order valence-corrected chi connectivity index (χ0v) is 23.7. The van der Waals surface area contributed by atoms with Crippen LogP contribution in [0.5, 0.6) is 0 Å². The van der Waals surface area contributed by atoms with Gasteiger partial charge < -0.3 is 31.3 Å². The van der Waals surface area contributed by atoms with Crippen molar-refractivity contribution in [2.75, 3.05) is 13.1 Å². The summed E-state index contributed by atoms with van der Waals surface area (Å²) in [6.07, 6.45) is -5.21. The molecule has 226 valence electrons. The summed E-state index contributed by atoms with van der Waals surface area (Å²) in [5, 5.41) is 7.06. The van der Waals surface area contributed by atoms with Gasteiger partial charge in [-0.15, -0.1) is 0 Å². The Morgan fingerprint density at radius 3 is 2.33 bits per heavy atom. The predicted molar refractivity (Wildman–Crippen MR) is 136 cm³/mol. The van der Waals surface area contributed by atoms with Crippen LogP contribution in [-0.2, 0) is 28.7 Å². The van der Waals surface area contributed by atoms with Crippen LogP contribution in [-0.4, -0.2) is 83.5 Å². The SMILES string of the molecule is C[C@@H](OC(C)(C)C)[C@H](NC(=O)C(F)(F)F)C(=O)N1CC2C(C1C(=O)N[C@@H](C[C@@H]1CCCNC1=O)C(N)=O)C2(C)C. The monoisotopic (exact) mass is 575 g/mol. The van der Waals surface area contributed by atoms with Crippen LogP contribution < -0.4 is 21.7 Å². The minimum Gasteiger partial charge on any atom is -0.370 e. The lowest BCUT2D eigenvalue weighted by Crippen LogP contribution is -2.61. The molecule has 5 amide bonds. The van der Waals surface area contributed by atoms with Gasteiger partial charge in [-0.1, -0.05) is 13.8 Å². The van der Waals surface area contributed by atoms with E-state index in [0.717, 1.165) is 4.90 Å². The first-order valence-electron chi connectivity index (χ1n) is 13.5. The molecule has 3 rings (SSSR count). The van der Waals surface area contributed by atoms with Gasteiger partial charge in [0.15, 0.2) is 0 Å². The number of alkyl halides is 3. The molecule has 5 N–H and O–H groups in total. The number of fused-ring (bicyclic) bond motifs is 1. The number of rotatable bonds is 9. The maximum Gasteiger partial charge on any atom is 0.471 e. The van der Waals surface area contributed by atoms with Gasteiger partial charge in [-0.05, 0) is 64.2 Å². The second-order valence-corrected chi connectivity index (χ2v) is 12.6. The van der Waals surface area contributed by atoms with Gasteiger partial charge in [0.1, 0.15) is 18.1 Å². The van der Waals surface area contributed by atoms with E-state index < -0.39 is 65.6 Å². The molecule has 0 spiro atoms. The fourth-order valence-corrected chi connectivity index (χ4v) is 6.07. The van der Waals surface area contributed by atoms with Crippen LogP contribution >= 0.6 is 0 Å². The number of amides is 5. The summed E-state index contributed by atoms with van der Waals surface area (Å²) >= 11 is 0. The molecule has 0 radical (unpaired) electrons. The molecule has 3 aliphatic rings. The number of nitrogens with zero attached hydrogens (tertiary/aromatic N) is 1. The first-order valence-corrected chi connectivity index (χ1v) is 13.5. The number of ether oxygens (including phenoxy) is 1. The second-order valence-electron chi connectivity index (χ2n) is 12.6. The summed E-state index contributed by atoms with van der Waals surface area (Å²) in [5.41, 5.74) is 4.35. The Hall–Kier alpha value is -2.90. The van der Waals surface area contributed by atoms with E-state index in [9.17, 15) is 37.1 Å². The molecule has 0 aromatic rings. The number of piperidine rings is 2. The number of nitrogens with two attached hydrogens (primary N) is 1. The fraction of sp³-hybridized carbons (Fsp3) is 0.808. The molecule has 0 bridgehead atoms. The fourth-order valence-electron chi connectivity index (χ4n) is 6.07. The second kappa shape index (κ2) is 11.2. The number of hydrogen-bond acceptors (Lipinski definition) is 6. The van der Waals surface area contributed by atoms with E-state index >= 15 is 0 Å². The number of primary amides is 1. The van der Waals surface area contributed by atoms with Crippen molar-refractivity contribution < 1.29 is 41.9 Å². The van der Waals surface area contributed by atoms with Gasteiger partial charge in [-0.2, -0.15) is 13.2 Å². The Bertz CT molecular complexity index is 1040. The Morgan fingerprint density at radius 2 is 1.80 bits per heavy atom. The summed E-state index contributed by atoms with van der Waals surface area (Å²) < 4.78 is 45.2. The van der Waals surface area contributed by atoms with Crippen molar-refractivity contribution in [1.82, 2.24) is 20.9 Å². The molecule has 0 aromatic carbocycles. The average molecular weight is 576 g/mol. The van der Waals surface area contributed by atoms with E-state index in [1.165, 1.54) is 6.92 Å². The van der Waals surface area contributed by atoms with Crippen LogP contribution in [0.2, 0.25) is 0 Å². The zero-order chi connectivity index (χ0) is 30.4. The predicted octanol–water partition coefficient (Wildman–Crippen LogP) is 0.607. The van der Waals surface area contributed by atoms with Gasteiger partial charge in [-0.3, -0.25) is 24.0 Å². The highest BCUT2D eigenvalue weighted by molar-refractivity contribution is 5.96. The summed E-state index contributed by atoms with van der Waals surface area (Å²) in [6.45, 7) is 10.7. The molecule has 3 fully saturated rings. The molecule has 2 saturated heterocycles. The molecule has 3 unspecified atom stereocenters. The highest BCUT2D eigenvalue weighted by atomic mass is 19.4. The Kier molecular flexibility index (Phi) is 8.83. The van der Waals surface area contributed by atoms with Crippen molar-refractivity contribution in [2.24, 2.45) is 28.9 Å². The molecule has 7 atom stereocenters. The lowest BCUT2D eigenvalue weighted by Gasteiger charge is -2.37. The third-order valence-corrected chi connectivity index (χ3v) is 8.16. The zero-order valence-electron chi connectivity index (χ0n) is 23.7. The Labute approximate surface area is 231 Å². The van der Waals surface area contributed by atoms with E-state index in [1.54, 1.807) is 26.1 Å². The highest BCUT2D eigenvalue weighted by Gasteiger charge is 2.70. The average Bonchev–Trinajstić information content (AvgIpc) is 3.14. The Balaban J connectivity index is 1.86. The van der Waals surface area contributed by atoms with Crippen molar-refractivity contribution >= 4 is 29.5 Å². The first kappa shape index (κ1) is 31.6. The molecule has 11 nitrogen and oxygen atoms in total. The minimum atomic E-state index is -5.24. The van der Waals surface area contributed by atoms with Crippen LogP contribution in [0.3, 0.4) is 0 Å². The molecule has 2 aliphatic heterocycles. The van der Waals surface area contributed by atoms with Gasteiger partial charge in [-0.25, -0.2) is 0 Å². The van der Waals surface area contributed by atoms with Crippen LogP contribution in [0.25, 0.3) is 0 Å². The third-order valence-electron chi connectivity index (χ3n) is 8.16. The molecule has 1 aliphatic carbocycles. The maximum atomic E-state index is 13.7. The van der Waals surface area contributed by atoms with Gasteiger partial charge >= 0.3 is 12.1 Å². The van der Waals surface area contributed by atoms with Crippen molar-refractivity contribution in [3.05, 3.63) is 0 Å². The first-order chi connectivity index (χ1) is 18.3. The van der Waals surface area contributed by atoms with Crippen molar-refractivity contribution in [3.8, 4) is 0 Å². The quantitative estimate of drug-likeness (QED) is 0.315. The molecule has 2 heterocycles. The smallest absolute Gasteiger partial charge is 0.370 e. The molecule has 14 heteroatoms. The van der Waals surface area contributed by atoms with E-state index in [2.05, 4.69) is 10.6 Å². The van der Waals surface area contributed by atoms with Gasteiger partial charge in [0.25, 0.3) is 0 Å². The molecule has 40 heavy (non-hydrogen) atoms. The molecular formula is C26H40F3N5O6. The molecule has 0 aromatic heterocycles. The number of carbonyl (C=O) groups excluding carboxylic acids is 5. The topological polar surface area (TPSA) is 160 Å². The lowest BCUT2D eigenvalue weighted by atomic mass is 9.91. The summed E-state index contributed by atoms with van der Waals surface area (Å²) in [6, 6.07) is -4.05. The summed E-state index contributed by atoms with van der Waals surface area (Å²) in [7, 11) is 0. The van der Waals surface area contributed by atoms with Crippen LogP contribution in [0, 0.1) is 23.2 Å². The van der Waals surface area contributed by atoms with Gasteiger partial charge in [0.05, 0.1) is 11.7 Å². The minimum absolute atomic E-state index is 0.0220. The number of hydrogen-bond donors (Lipinski definition) is 4. The van der Waals surface area contributed by atoms with Crippen LogP contribution in [0.4, 0.5) is 13.2 Å². The van der Waals surface area contributed by atoms with E-state index in [4.69, 9.17) is 10.5 Å². The third kappa shape index (κ3) is 6.87. The summed E-state index contributed by atoms with van der Waals surface area (Å²) in [5.74, 6) is -5.99. The van der Waals surface area contributed by atoms with Gasteiger partial charge in [0.2, 0.25) is 23.6 Å². The van der Waals surface area contributed by atoms with E-state index in [0.29, 0.717) is 19.4 Å². The lowest BCUT2D eigenvalue weighted by molar-refractivity contribution is -0.177. The van der Waals surface area contributed by atoms with Crippen LogP contribution in [0.15, 0.2) is 0 Å². The maximum absolute atomic E-state index is 13.7. The standard InChI is InChI=1S/C26H40F3N5O6/c1-12(40-24(2,3)4)17(33-23(39)26(27,28)29)22(38)34-11-14-16(25(14,5)6)18(34)21(37)32-15(19(30)35)10-13-8-7-9-31-20(13)36/h12-18H,7-11H2,1-6H3,(H2,30,35)(H,31,36)(H,32,37)(H,33,39)/t12-,13+,14?,15+,16?,17+,18?/m1/s1. The summed E-state index contributed by atoms with van der Waals surface area (Å²) in [4.78, 5) is 64.8. The number of halogens is 3. The Morgan fingerprint density at radius 1 is 1.18 bits per heavy atom.